The van der Waals surface area contributed by atoms with E-state index in [1.54, 1.807) is 6.33 Å². The molecule has 1 amide bonds. The van der Waals surface area contributed by atoms with Gasteiger partial charge in [-0.3, -0.25) is 9.69 Å². The van der Waals surface area contributed by atoms with E-state index in [4.69, 9.17) is 4.42 Å². The fourth-order valence-corrected chi connectivity index (χ4v) is 3.76. The van der Waals surface area contributed by atoms with E-state index in [2.05, 4.69) is 28.9 Å². The van der Waals surface area contributed by atoms with E-state index in [-0.39, 0.29) is 5.91 Å². The van der Waals surface area contributed by atoms with Crippen molar-refractivity contribution in [3.63, 3.8) is 0 Å². The molecule has 3 heterocycles. The fourth-order valence-electron chi connectivity index (χ4n) is 3.76. The molecule has 3 rings (SSSR count). The third-order valence-electron chi connectivity index (χ3n) is 5.65. The number of hydrogen-bond acceptors (Lipinski definition) is 5. The molecule has 0 saturated carbocycles. The van der Waals surface area contributed by atoms with Crippen molar-refractivity contribution in [2.75, 3.05) is 26.2 Å². The van der Waals surface area contributed by atoms with Crippen LogP contribution in [-0.2, 0) is 20.0 Å². The Morgan fingerprint density at radius 1 is 1.30 bits per heavy atom. The van der Waals surface area contributed by atoms with Gasteiger partial charge in [-0.25, -0.2) is 0 Å². The Hall–Kier alpha value is -2.15. The third-order valence-corrected chi connectivity index (χ3v) is 5.65. The van der Waals surface area contributed by atoms with Gasteiger partial charge in [0.05, 0.1) is 12.1 Å². The van der Waals surface area contributed by atoms with Crippen LogP contribution >= 0.6 is 0 Å². The molecule has 1 aliphatic heterocycles. The Labute approximate surface area is 161 Å². The molecule has 27 heavy (non-hydrogen) atoms. The van der Waals surface area contributed by atoms with Crippen molar-refractivity contribution in [2.45, 2.75) is 46.6 Å². The maximum Gasteiger partial charge on any atom is 0.257 e. The first-order chi connectivity index (χ1) is 13.0. The van der Waals surface area contributed by atoms with Crippen molar-refractivity contribution < 1.29 is 9.21 Å². The molecule has 0 atom stereocenters. The first-order valence-electron chi connectivity index (χ1n) is 9.95. The second-order valence-corrected chi connectivity index (χ2v) is 7.44. The summed E-state index contributed by atoms with van der Waals surface area (Å²) in [6, 6.07) is 1.93. The van der Waals surface area contributed by atoms with Gasteiger partial charge < -0.3 is 13.9 Å². The van der Waals surface area contributed by atoms with E-state index in [1.807, 2.05) is 29.5 Å². The summed E-state index contributed by atoms with van der Waals surface area (Å²) >= 11 is 0. The number of carbonyl (C=O) groups excluding carboxylic acids is 1. The quantitative estimate of drug-likeness (QED) is 0.746. The maximum atomic E-state index is 13.0. The first kappa shape index (κ1) is 19.6. The number of piperidine rings is 1. The smallest absolute Gasteiger partial charge is 0.257 e. The highest BCUT2D eigenvalue weighted by Gasteiger charge is 2.27. The molecule has 2 aromatic heterocycles. The van der Waals surface area contributed by atoms with Gasteiger partial charge in [-0.15, -0.1) is 10.2 Å². The molecule has 1 fully saturated rings. The Balaban J connectivity index is 1.57. The molecule has 1 saturated heterocycles. The molecule has 0 spiro atoms. The lowest BCUT2D eigenvalue weighted by atomic mass is 9.93. The van der Waals surface area contributed by atoms with Crippen LogP contribution < -0.4 is 0 Å². The van der Waals surface area contributed by atoms with E-state index in [1.165, 1.54) is 0 Å². The lowest BCUT2D eigenvalue weighted by Gasteiger charge is -2.31. The van der Waals surface area contributed by atoms with Crippen LogP contribution in [0, 0.1) is 12.8 Å². The number of aromatic nitrogens is 3. The zero-order valence-corrected chi connectivity index (χ0v) is 16.9. The van der Waals surface area contributed by atoms with Gasteiger partial charge >= 0.3 is 0 Å². The second-order valence-electron chi connectivity index (χ2n) is 7.44. The minimum Gasteiger partial charge on any atom is -0.464 e. The van der Waals surface area contributed by atoms with Crippen LogP contribution in [0.25, 0.3) is 0 Å². The van der Waals surface area contributed by atoms with Gasteiger partial charge in [0, 0.05) is 26.6 Å². The summed E-state index contributed by atoms with van der Waals surface area (Å²) in [7, 11) is 1.98. The molecular formula is C20H31N5O2. The molecule has 7 heteroatoms. The summed E-state index contributed by atoms with van der Waals surface area (Å²) in [4.78, 5) is 17.2. The number of nitrogens with zero attached hydrogens (tertiary/aromatic N) is 5. The molecule has 0 N–H and O–H groups in total. The highest BCUT2D eigenvalue weighted by atomic mass is 16.3. The lowest BCUT2D eigenvalue weighted by Crippen LogP contribution is -2.39. The predicted molar refractivity (Wildman–Crippen MR) is 103 cm³/mol. The molecular weight excluding hydrogens is 342 g/mol. The number of amides is 1. The monoisotopic (exact) mass is 373 g/mol. The fraction of sp³-hybridized carbons (Fsp3) is 0.650. The van der Waals surface area contributed by atoms with Crippen molar-refractivity contribution in [2.24, 2.45) is 13.0 Å². The van der Waals surface area contributed by atoms with E-state index in [9.17, 15) is 4.79 Å². The zero-order valence-electron chi connectivity index (χ0n) is 16.9. The summed E-state index contributed by atoms with van der Waals surface area (Å²) in [6.45, 7) is 10.4. The molecule has 0 unspecified atom stereocenters. The summed E-state index contributed by atoms with van der Waals surface area (Å²) in [5.74, 6) is 3.27. The number of carbonyl (C=O) groups is 1. The molecule has 0 aromatic carbocycles. The van der Waals surface area contributed by atoms with E-state index < -0.39 is 0 Å². The minimum absolute atomic E-state index is 0.0964. The molecule has 0 aliphatic carbocycles. The SMILES string of the molecule is CCN(CC)Cc1cc(C(=O)N2CCC(Cc3nncn3C)CC2)c(C)o1. The van der Waals surface area contributed by atoms with Crippen LogP contribution in [-0.4, -0.2) is 56.7 Å². The highest BCUT2D eigenvalue weighted by molar-refractivity contribution is 5.95. The van der Waals surface area contributed by atoms with E-state index in [0.717, 1.165) is 69.3 Å². The van der Waals surface area contributed by atoms with Crippen LogP contribution in [0.2, 0.25) is 0 Å². The number of aryl methyl sites for hydroxylation is 2. The van der Waals surface area contributed by atoms with E-state index in [0.29, 0.717) is 11.5 Å². The molecule has 0 bridgehead atoms. The van der Waals surface area contributed by atoms with Crippen LogP contribution in [0.15, 0.2) is 16.8 Å². The van der Waals surface area contributed by atoms with Crippen molar-refractivity contribution >= 4 is 5.91 Å². The second kappa shape index (κ2) is 8.69. The third kappa shape index (κ3) is 4.58. The number of likely N-dealkylation sites (tertiary alicyclic amines) is 1. The molecule has 7 nitrogen and oxygen atoms in total. The van der Waals surface area contributed by atoms with Crippen LogP contribution in [0.1, 0.15) is 54.4 Å². The molecule has 1 aliphatic rings. The van der Waals surface area contributed by atoms with Gasteiger partial charge in [0.25, 0.3) is 5.91 Å². The lowest BCUT2D eigenvalue weighted by molar-refractivity contribution is 0.0688. The Kier molecular flexibility index (Phi) is 6.31. The van der Waals surface area contributed by atoms with Crippen molar-refractivity contribution in [1.82, 2.24) is 24.6 Å². The summed E-state index contributed by atoms with van der Waals surface area (Å²) in [5, 5.41) is 8.13. The van der Waals surface area contributed by atoms with E-state index >= 15 is 0 Å². The topological polar surface area (TPSA) is 67.4 Å². The summed E-state index contributed by atoms with van der Waals surface area (Å²) in [6.07, 6.45) is 4.67. The molecule has 148 valence electrons. The normalized spacial score (nSPS) is 15.7. The highest BCUT2D eigenvalue weighted by Crippen LogP contribution is 2.24. The summed E-state index contributed by atoms with van der Waals surface area (Å²) < 4.78 is 7.83. The van der Waals surface area contributed by atoms with Crippen molar-refractivity contribution in [3.05, 3.63) is 35.3 Å². The Morgan fingerprint density at radius 2 is 2.00 bits per heavy atom. The molecule has 2 aromatic rings. The average molecular weight is 374 g/mol. The van der Waals surface area contributed by atoms with Gasteiger partial charge in [-0.1, -0.05) is 13.8 Å². The van der Waals surface area contributed by atoms with Gasteiger partial charge in [0.15, 0.2) is 0 Å². The van der Waals surface area contributed by atoms with Crippen molar-refractivity contribution in [1.29, 1.82) is 0 Å². The Bertz CT molecular complexity index is 754. The standard InChI is InChI=1S/C20H31N5O2/c1-5-24(6-2)13-17-12-18(15(3)27-17)20(26)25-9-7-16(8-10-25)11-19-22-21-14-23(19)4/h12,14,16H,5-11,13H2,1-4H3. The number of hydrogen-bond donors (Lipinski definition) is 0. The largest absolute Gasteiger partial charge is 0.464 e. The van der Waals surface area contributed by atoms with Gasteiger partial charge in [0.1, 0.15) is 23.7 Å². The van der Waals surface area contributed by atoms with Gasteiger partial charge in [-0.2, -0.15) is 0 Å². The Morgan fingerprint density at radius 3 is 2.59 bits per heavy atom. The van der Waals surface area contributed by atoms with Gasteiger partial charge in [-0.05, 0) is 44.8 Å². The van der Waals surface area contributed by atoms with Crippen LogP contribution in [0.3, 0.4) is 0 Å². The number of furan rings is 1. The maximum absolute atomic E-state index is 13.0. The average Bonchev–Trinajstić information content (AvgIpc) is 3.25. The van der Waals surface area contributed by atoms with Gasteiger partial charge in [0.2, 0.25) is 0 Å². The minimum atomic E-state index is 0.0964. The van der Waals surface area contributed by atoms with Crippen LogP contribution in [0.4, 0.5) is 0 Å². The number of rotatable bonds is 7. The van der Waals surface area contributed by atoms with Crippen LogP contribution in [0.5, 0.6) is 0 Å². The zero-order chi connectivity index (χ0) is 19.4. The molecule has 0 radical (unpaired) electrons. The predicted octanol–water partition coefficient (Wildman–Crippen LogP) is 2.65. The first-order valence-corrected chi connectivity index (χ1v) is 9.95. The van der Waals surface area contributed by atoms with Crippen molar-refractivity contribution in [3.8, 4) is 0 Å². The summed E-state index contributed by atoms with van der Waals surface area (Å²) in [5.41, 5.74) is 0.712.